The van der Waals surface area contributed by atoms with Crippen LogP contribution in [-0.4, -0.2) is 26.2 Å². The van der Waals surface area contributed by atoms with Gasteiger partial charge in [0.05, 0.1) is 13.5 Å². The fourth-order valence-corrected chi connectivity index (χ4v) is 2.24. The fourth-order valence-electron chi connectivity index (χ4n) is 2.24. The highest BCUT2D eigenvalue weighted by molar-refractivity contribution is 5.69. The van der Waals surface area contributed by atoms with Crippen LogP contribution in [0.4, 0.5) is 0 Å². The largest absolute Gasteiger partial charge is 0.469 e. The van der Waals surface area contributed by atoms with E-state index in [1.807, 2.05) is 0 Å². The lowest BCUT2D eigenvalue weighted by molar-refractivity contribution is -0.140. The van der Waals surface area contributed by atoms with Crippen LogP contribution >= 0.6 is 0 Å². The van der Waals surface area contributed by atoms with Gasteiger partial charge in [-0.2, -0.15) is 0 Å². The van der Waals surface area contributed by atoms with E-state index in [-0.39, 0.29) is 5.97 Å². The second-order valence-corrected chi connectivity index (χ2v) is 4.70. The predicted octanol–water partition coefficient (Wildman–Crippen LogP) is 2.31. The van der Waals surface area contributed by atoms with Gasteiger partial charge in [-0.1, -0.05) is 17.7 Å². The Morgan fingerprint density at radius 1 is 1.17 bits per heavy atom. The monoisotopic (exact) mass is 249 g/mol. The van der Waals surface area contributed by atoms with Gasteiger partial charge in [0.15, 0.2) is 0 Å². The molecule has 0 saturated carbocycles. The predicted molar refractivity (Wildman–Crippen MR) is 73.9 cm³/mol. The molecule has 100 valence electrons. The SMILES string of the molecule is COC(=O)CCNCCc1c(C)cc(C)cc1C. The highest BCUT2D eigenvalue weighted by atomic mass is 16.5. The van der Waals surface area contributed by atoms with Gasteiger partial charge in [-0.15, -0.1) is 0 Å². The van der Waals surface area contributed by atoms with Crippen LogP contribution < -0.4 is 5.32 Å². The summed E-state index contributed by atoms with van der Waals surface area (Å²) < 4.78 is 4.59. The van der Waals surface area contributed by atoms with Crippen LogP contribution in [-0.2, 0) is 16.0 Å². The Bertz CT molecular complexity index is 390. The van der Waals surface area contributed by atoms with Gasteiger partial charge in [-0.3, -0.25) is 4.79 Å². The molecule has 1 aromatic rings. The van der Waals surface area contributed by atoms with Gasteiger partial charge in [0, 0.05) is 6.54 Å². The third-order valence-corrected chi connectivity index (χ3v) is 3.13. The fraction of sp³-hybridized carbons (Fsp3) is 0.533. The smallest absolute Gasteiger partial charge is 0.306 e. The number of nitrogens with one attached hydrogen (secondary N) is 1. The molecule has 3 heteroatoms. The van der Waals surface area contributed by atoms with Crippen LogP contribution in [0.15, 0.2) is 12.1 Å². The first-order valence-electron chi connectivity index (χ1n) is 6.39. The van der Waals surface area contributed by atoms with Crippen molar-refractivity contribution in [2.24, 2.45) is 0 Å². The van der Waals surface area contributed by atoms with Crippen LogP contribution in [0.1, 0.15) is 28.7 Å². The van der Waals surface area contributed by atoms with Crippen molar-refractivity contribution >= 4 is 5.97 Å². The standard InChI is InChI=1S/C15H23NO2/c1-11-9-12(2)14(13(3)10-11)5-7-16-8-6-15(17)18-4/h9-10,16H,5-8H2,1-4H3. The summed E-state index contributed by atoms with van der Waals surface area (Å²) in [6.45, 7) is 8.00. The molecule has 0 atom stereocenters. The number of methoxy groups -OCH3 is 1. The van der Waals surface area contributed by atoms with Gasteiger partial charge in [-0.25, -0.2) is 0 Å². The number of carbonyl (C=O) groups excluding carboxylic acids is 1. The first-order chi connectivity index (χ1) is 8.54. The van der Waals surface area contributed by atoms with Crippen molar-refractivity contribution in [2.75, 3.05) is 20.2 Å². The van der Waals surface area contributed by atoms with Crippen LogP contribution in [0, 0.1) is 20.8 Å². The molecular formula is C15H23NO2. The summed E-state index contributed by atoms with van der Waals surface area (Å²) >= 11 is 0. The number of hydrogen-bond donors (Lipinski definition) is 1. The summed E-state index contributed by atoms with van der Waals surface area (Å²) in [6.07, 6.45) is 1.43. The third-order valence-electron chi connectivity index (χ3n) is 3.13. The molecule has 0 aromatic heterocycles. The number of esters is 1. The normalized spacial score (nSPS) is 10.4. The summed E-state index contributed by atoms with van der Waals surface area (Å²) in [4.78, 5) is 10.9. The first-order valence-corrected chi connectivity index (χ1v) is 6.39. The molecule has 0 bridgehead atoms. The Kier molecular flexibility index (Phi) is 5.86. The van der Waals surface area contributed by atoms with E-state index in [0.717, 1.165) is 13.0 Å². The quantitative estimate of drug-likeness (QED) is 0.621. The van der Waals surface area contributed by atoms with E-state index >= 15 is 0 Å². The second kappa shape index (κ2) is 7.17. The van der Waals surface area contributed by atoms with E-state index in [9.17, 15) is 4.79 Å². The van der Waals surface area contributed by atoms with E-state index < -0.39 is 0 Å². The lowest BCUT2D eigenvalue weighted by atomic mass is 9.97. The maximum atomic E-state index is 10.9. The average molecular weight is 249 g/mol. The van der Waals surface area contributed by atoms with Crippen molar-refractivity contribution in [3.8, 4) is 0 Å². The molecule has 1 aromatic carbocycles. The van der Waals surface area contributed by atoms with E-state index in [1.165, 1.54) is 29.4 Å². The highest BCUT2D eigenvalue weighted by Gasteiger charge is 2.04. The highest BCUT2D eigenvalue weighted by Crippen LogP contribution is 2.16. The molecule has 0 unspecified atom stereocenters. The van der Waals surface area contributed by atoms with Gasteiger partial charge in [0.2, 0.25) is 0 Å². The van der Waals surface area contributed by atoms with Crippen molar-refractivity contribution < 1.29 is 9.53 Å². The molecular weight excluding hydrogens is 226 g/mol. The molecule has 0 fully saturated rings. The molecule has 0 spiro atoms. The molecule has 0 radical (unpaired) electrons. The second-order valence-electron chi connectivity index (χ2n) is 4.70. The molecule has 0 aliphatic carbocycles. The number of benzene rings is 1. The number of rotatable bonds is 6. The van der Waals surface area contributed by atoms with Gasteiger partial charge in [-0.05, 0) is 50.4 Å². The Balaban J connectivity index is 2.38. The molecule has 0 aliphatic heterocycles. The molecule has 1 rings (SSSR count). The minimum absolute atomic E-state index is 0.162. The summed E-state index contributed by atoms with van der Waals surface area (Å²) in [7, 11) is 1.42. The maximum Gasteiger partial charge on any atom is 0.306 e. The van der Waals surface area contributed by atoms with E-state index in [4.69, 9.17) is 0 Å². The van der Waals surface area contributed by atoms with Crippen LogP contribution in [0.2, 0.25) is 0 Å². The Morgan fingerprint density at radius 2 is 1.78 bits per heavy atom. The topological polar surface area (TPSA) is 38.3 Å². The maximum absolute atomic E-state index is 10.9. The summed E-state index contributed by atoms with van der Waals surface area (Å²) in [6, 6.07) is 4.44. The van der Waals surface area contributed by atoms with Gasteiger partial charge in [0.1, 0.15) is 0 Å². The first kappa shape index (κ1) is 14.7. The number of hydrogen-bond acceptors (Lipinski definition) is 3. The van der Waals surface area contributed by atoms with Crippen molar-refractivity contribution in [1.82, 2.24) is 5.32 Å². The average Bonchev–Trinajstić information content (AvgIpc) is 2.31. The molecule has 0 amide bonds. The van der Waals surface area contributed by atoms with Crippen LogP contribution in [0.5, 0.6) is 0 Å². The van der Waals surface area contributed by atoms with Crippen molar-refractivity contribution in [1.29, 1.82) is 0 Å². The van der Waals surface area contributed by atoms with Crippen molar-refractivity contribution in [3.63, 3.8) is 0 Å². The van der Waals surface area contributed by atoms with Crippen LogP contribution in [0.3, 0.4) is 0 Å². The van der Waals surface area contributed by atoms with E-state index in [1.54, 1.807) is 0 Å². The molecule has 1 N–H and O–H groups in total. The summed E-state index contributed by atoms with van der Waals surface area (Å²) in [5.74, 6) is -0.162. The molecule has 0 heterocycles. The van der Waals surface area contributed by atoms with Crippen molar-refractivity contribution in [3.05, 3.63) is 34.4 Å². The lowest BCUT2D eigenvalue weighted by Gasteiger charge is -2.11. The zero-order valence-electron chi connectivity index (χ0n) is 11.8. The minimum Gasteiger partial charge on any atom is -0.469 e. The zero-order chi connectivity index (χ0) is 13.5. The Morgan fingerprint density at radius 3 is 2.33 bits per heavy atom. The number of carbonyl (C=O) groups is 1. The van der Waals surface area contributed by atoms with Gasteiger partial charge in [0.25, 0.3) is 0 Å². The van der Waals surface area contributed by atoms with Crippen molar-refractivity contribution in [2.45, 2.75) is 33.6 Å². The van der Waals surface area contributed by atoms with E-state index in [2.05, 4.69) is 43.0 Å². The lowest BCUT2D eigenvalue weighted by Crippen LogP contribution is -2.21. The summed E-state index contributed by atoms with van der Waals surface area (Å²) in [5.41, 5.74) is 5.42. The van der Waals surface area contributed by atoms with Gasteiger partial charge >= 0.3 is 5.97 Å². The molecule has 18 heavy (non-hydrogen) atoms. The molecule has 3 nitrogen and oxygen atoms in total. The van der Waals surface area contributed by atoms with E-state index in [0.29, 0.717) is 13.0 Å². The number of ether oxygens (including phenoxy) is 1. The number of aryl methyl sites for hydroxylation is 3. The Hall–Kier alpha value is -1.35. The molecule has 0 aliphatic rings. The van der Waals surface area contributed by atoms with Crippen LogP contribution in [0.25, 0.3) is 0 Å². The Labute approximate surface area is 110 Å². The summed E-state index contributed by atoms with van der Waals surface area (Å²) in [5, 5.41) is 3.27. The van der Waals surface area contributed by atoms with Gasteiger partial charge < -0.3 is 10.1 Å². The molecule has 0 saturated heterocycles. The third kappa shape index (κ3) is 4.49. The zero-order valence-corrected chi connectivity index (χ0v) is 11.8. The minimum atomic E-state index is -0.162.